The fraction of sp³-hybridized carbons (Fsp3) is 0.588. The van der Waals surface area contributed by atoms with Crippen molar-refractivity contribution in [3.63, 3.8) is 0 Å². The molecular weight excluding hydrogens is 283 g/mol. The molecule has 1 atom stereocenters. The van der Waals surface area contributed by atoms with E-state index in [1.807, 2.05) is 32.0 Å². The lowest BCUT2D eigenvalue weighted by atomic mass is 9.82. The number of ketones is 1. The van der Waals surface area contributed by atoms with Crippen LogP contribution in [0.15, 0.2) is 18.2 Å². The van der Waals surface area contributed by atoms with Crippen LogP contribution in [-0.2, 0) is 0 Å². The summed E-state index contributed by atoms with van der Waals surface area (Å²) in [5, 5.41) is -0.364. The normalized spacial score (nSPS) is 17.3. The second kappa shape index (κ2) is 7.26. The van der Waals surface area contributed by atoms with Gasteiger partial charge >= 0.3 is 0 Å². The highest BCUT2D eigenvalue weighted by molar-refractivity contribution is 7.21. The highest BCUT2D eigenvalue weighted by Gasteiger charge is 2.38. The van der Waals surface area contributed by atoms with Crippen LogP contribution >= 0.6 is 9.24 Å². The minimum Gasteiger partial charge on any atom is -0.493 e. The molecule has 1 unspecified atom stereocenters. The maximum Gasteiger partial charge on any atom is 0.180 e. The molecule has 0 bridgehead atoms. The van der Waals surface area contributed by atoms with Crippen LogP contribution in [0, 0.1) is 0 Å². The van der Waals surface area contributed by atoms with Crippen LogP contribution in [0.25, 0.3) is 0 Å². The lowest BCUT2D eigenvalue weighted by Crippen LogP contribution is -2.34. The summed E-state index contributed by atoms with van der Waals surface area (Å²) in [5.74, 6) is 1.42. The Bertz CT molecular complexity index is 469. The smallest absolute Gasteiger partial charge is 0.180 e. The van der Waals surface area contributed by atoms with Crippen molar-refractivity contribution in [2.24, 2.45) is 0 Å². The molecule has 0 N–H and O–H groups in total. The van der Waals surface area contributed by atoms with Crippen molar-refractivity contribution in [1.29, 1.82) is 0 Å². The third-order valence-corrected chi connectivity index (χ3v) is 4.85. The van der Waals surface area contributed by atoms with E-state index in [1.54, 1.807) is 0 Å². The van der Waals surface area contributed by atoms with Crippen LogP contribution in [0.5, 0.6) is 11.5 Å². The zero-order valence-corrected chi connectivity index (χ0v) is 14.1. The Kier molecular flexibility index (Phi) is 5.64. The van der Waals surface area contributed by atoms with E-state index in [-0.39, 0.29) is 10.9 Å². The monoisotopic (exact) mass is 308 g/mol. The van der Waals surface area contributed by atoms with E-state index in [4.69, 9.17) is 9.47 Å². The quantitative estimate of drug-likeness (QED) is 0.582. The largest absolute Gasteiger partial charge is 0.493 e. The highest BCUT2D eigenvalue weighted by atomic mass is 31.0. The molecule has 1 fully saturated rings. The first kappa shape index (κ1) is 16.3. The topological polar surface area (TPSA) is 35.5 Å². The first-order valence-electron chi connectivity index (χ1n) is 7.84. The summed E-state index contributed by atoms with van der Waals surface area (Å²) in [6, 6.07) is 5.59. The summed E-state index contributed by atoms with van der Waals surface area (Å²) in [6.45, 7) is 4.94. The van der Waals surface area contributed by atoms with E-state index < -0.39 is 0 Å². The molecule has 0 aromatic heterocycles. The predicted octanol–water partition coefficient (Wildman–Crippen LogP) is 4.24. The second-order valence-electron chi connectivity index (χ2n) is 5.54. The third-order valence-electron chi connectivity index (χ3n) is 4.01. The third kappa shape index (κ3) is 3.58. The summed E-state index contributed by atoms with van der Waals surface area (Å²) in [4.78, 5) is 13.1. The van der Waals surface area contributed by atoms with Gasteiger partial charge in [-0.15, -0.1) is 9.24 Å². The van der Waals surface area contributed by atoms with Gasteiger partial charge in [-0.1, -0.05) is 25.3 Å². The van der Waals surface area contributed by atoms with Crippen LogP contribution in [0.3, 0.4) is 0 Å². The number of hydrogen-bond donors (Lipinski definition) is 0. The van der Waals surface area contributed by atoms with E-state index >= 15 is 0 Å². The molecular formula is C17H25O3P. The van der Waals surface area contributed by atoms with E-state index in [0.29, 0.717) is 30.3 Å². The molecule has 0 radical (unpaired) electrons. The van der Waals surface area contributed by atoms with Crippen molar-refractivity contribution in [1.82, 2.24) is 0 Å². The van der Waals surface area contributed by atoms with Crippen LogP contribution in [0.2, 0.25) is 0 Å². The van der Waals surface area contributed by atoms with Gasteiger partial charge in [-0.05, 0) is 38.8 Å². The van der Waals surface area contributed by atoms with Gasteiger partial charge in [0.05, 0.1) is 13.2 Å². The van der Waals surface area contributed by atoms with Crippen molar-refractivity contribution < 1.29 is 14.3 Å². The summed E-state index contributed by atoms with van der Waals surface area (Å²) >= 11 is 0. The molecule has 1 aliphatic carbocycles. The fourth-order valence-electron chi connectivity index (χ4n) is 2.95. The number of rotatable bonds is 6. The van der Waals surface area contributed by atoms with Gasteiger partial charge in [0.1, 0.15) is 17.1 Å². The molecule has 4 heteroatoms. The SMILES string of the molecule is CCOc1cccc(OCC)c1C(=O)C1(P)CCCCC1. The number of carbonyl (C=O) groups excluding carboxylic acids is 1. The Labute approximate surface area is 129 Å². The second-order valence-corrected chi connectivity index (χ2v) is 6.65. The molecule has 0 spiro atoms. The van der Waals surface area contributed by atoms with Gasteiger partial charge in [-0.2, -0.15) is 0 Å². The Morgan fingerprint density at radius 1 is 1.10 bits per heavy atom. The molecule has 1 saturated carbocycles. The fourth-order valence-corrected chi connectivity index (χ4v) is 3.50. The molecule has 0 aliphatic heterocycles. The lowest BCUT2D eigenvalue weighted by Gasteiger charge is -2.32. The Balaban J connectivity index is 2.41. The van der Waals surface area contributed by atoms with Gasteiger partial charge in [0, 0.05) is 5.16 Å². The number of Topliss-reactive ketones (excluding diaryl/α,β-unsaturated/α-hetero) is 1. The predicted molar refractivity (Wildman–Crippen MR) is 88.6 cm³/mol. The maximum atomic E-state index is 13.1. The summed E-state index contributed by atoms with van der Waals surface area (Å²) in [6.07, 6.45) is 5.27. The van der Waals surface area contributed by atoms with Crippen molar-refractivity contribution in [3.05, 3.63) is 23.8 Å². The van der Waals surface area contributed by atoms with E-state index in [1.165, 1.54) is 6.42 Å². The standard InChI is InChI=1S/C17H25O3P/c1-3-19-13-9-8-10-14(20-4-2)15(13)16(18)17(21)11-6-5-7-12-17/h8-10H,3-7,11-12,21H2,1-2H3. The molecule has 0 amide bonds. The minimum absolute atomic E-state index is 0.139. The zero-order valence-electron chi connectivity index (χ0n) is 13.0. The Hall–Kier alpha value is -1.08. The molecule has 1 aromatic rings. The average Bonchev–Trinajstić information content (AvgIpc) is 2.48. The number of ether oxygens (including phenoxy) is 2. The summed E-state index contributed by atoms with van der Waals surface area (Å²) in [7, 11) is 2.81. The van der Waals surface area contributed by atoms with Gasteiger partial charge in [-0.3, -0.25) is 4.79 Å². The van der Waals surface area contributed by atoms with Crippen LogP contribution in [0.1, 0.15) is 56.3 Å². The minimum atomic E-state index is -0.364. The van der Waals surface area contributed by atoms with Crippen molar-refractivity contribution in [3.8, 4) is 11.5 Å². The van der Waals surface area contributed by atoms with Gasteiger partial charge in [-0.25, -0.2) is 0 Å². The first-order valence-corrected chi connectivity index (χ1v) is 8.42. The highest BCUT2D eigenvalue weighted by Crippen LogP contribution is 2.42. The number of benzene rings is 1. The van der Waals surface area contributed by atoms with Gasteiger partial charge < -0.3 is 9.47 Å². The van der Waals surface area contributed by atoms with Crippen LogP contribution < -0.4 is 9.47 Å². The number of carbonyl (C=O) groups is 1. The van der Waals surface area contributed by atoms with Gasteiger partial charge in [0.15, 0.2) is 5.78 Å². The van der Waals surface area contributed by atoms with Crippen molar-refractivity contribution >= 4 is 15.0 Å². The van der Waals surface area contributed by atoms with Crippen LogP contribution in [-0.4, -0.2) is 24.2 Å². The van der Waals surface area contributed by atoms with Crippen molar-refractivity contribution in [2.45, 2.75) is 51.1 Å². The van der Waals surface area contributed by atoms with E-state index in [2.05, 4.69) is 9.24 Å². The first-order chi connectivity index (χ1) is 10.1. The number of hydrogen-bond acceptors (Lipinski definition) is 3. The van der Waals surface area contributed by atoms with E-state index in [0.717, 1.165) is 25.7 Å². The van der Waals surface area contributed by atoms with Crippen molar-refractivity contribution in [2.75, 3.05) is 13.2 Å². The molecule has 1 aromatic carbocycles. The van der Waals surface area contributed by atoms with Crippen LogP contribution in [0.4, 0.5) is 0 Å². The molecule has 116 valence electrons. The molecule has 21 heavy (non-hydrogen) atoms. The lowest BCUT2D eigenvalue weighted by molar-refractivity contribution is 0.0910. The molecule has 3 nitrogen and oxygen atoms in total. The maximum absolute atomic E-state index is 13.1. The van der Waals surface area contributed by atoms with Gasteiger partial charge in [0.25, 0.3) is 0 Å². The molecule has 0 heterocycles. The molecule has 0 saturated heterocycles. The molecule has 2 rings (SSSR count). The Morgan fingerprint density at radius 3 is 2.10 bits per heavy atom. The Morgan fingerprint density at radius 2 is 1.62 bits per heavy atom. The molecule has 1 aliphatic rings. The van der Waals surface area contributed by atoms with Gasteiger partial charge in [0.2, 0.25) is 0 Å². The summed E-state index contributed by atoms with van der Waals surface area (Å²) < 4.78 is 11.3. The van der Waals surface area contributed by atoms with E-state index in [9.17, 15) is 4.79 Å². The average molecular weight is 308 g/mol. The zero-order chi connectivity index (χ0) is 15.3. The summed E-state index contributed by atoms with van der Waals surface area (Å²) in [5.41, 5.74) is 0.609.